The van der Waals surface area contributed by atoms with E-state index in [0.29, 0.717) is 5.92 Å². The molecule has 1 N–H and O–H groups in total. The molecule has 1 aliphatic rings. The van der Waals surface area contributed by atoms with Crippen molar-refractivity contribution >= 4 is 0 Å². The summed E-state index contributed by atoms with van der Waals surface area (Å²) in [6.07, 6.45) is 2.88. The number of hydrogen-bond acceptors (Lipinski definition) is 2. The van der Waals surface area contributed by atoms with Gasteiger partial charge in [-0.25, -0.2) is 4.39 Å². The fraction of sp³-hybridized carbons (Fsp3) is 0.500. The summed E-state index contributed by atoms with van der Waals surface area (Å²) >= 11 is 0. The summed E-state index contributed by atoms with van der Waals surface area (Å²) in [5, 5.41) is 9.17. The van der Waals surface area contributed by atoms with Crippen molar-refractivity contribution < 1.29 is 9.50 Å². The predicted molar refractivity (Wildman–Crippen MR) is 46.8 cm³/mol. The van der Waals surface area contributed by atoms with Crippen LogP contribution in [0.15, 0.2) is 12.3 Å². The highest BCUT2D eigenvalue weighted by Crippen LogP contribution is 2.39. The third-order valence-electron chi connectivity index (χ3n) is 2.35. The van der Waals surface area contributed by atoms with Gasteiger partial charge < -0.3 is 5.11 Å². The third-order valence-corrected chi connectivity index (χ3v) is 2.35. The van der Waals surface area contributed by atoms with Gasteiger partial charge >= 0.3 is 0 Å². The van der Waals surface area contributed by atoms with Crippen molar-refractivity contribution in [3.05, 3.63) is 29.3 Å². The minimum Gasteiger partial charge on any atom is -0.389 e. The molecule has 1 aliphatic carbocycles. The first-order valence-electron chi connectivity index (χ1n) is 4.52. The summed E-state index contributed by atoms with van der Waals surface area (Å²) in [7, 11) is 0. The number of pyridine rings is 1. The van der Waals surface area contributed by atoms with Gasteiger partial charge in [0.1, 0.15) is 5.82 Å². The molecule has 0 aliphatic heterocycles. The first kappa shape index (κ1) is 8.63. The van der Waals surface area contributed by atoms with Crippen LogP contribution in [-0.2, 0) is 0 Å². The Morgan fingerprint density at radius 3 is 2.77 bits per heavy atom. The molecule has 0 bridgehead atoms. The van der Waals surface area contributed by atoms with Gasteiger partial charge in [0.25, 0.3) is 0 Å². The molecule has 1 saturated carbocycles. The van der Waals surface area contributed by atoms with Gasteiger partial charge in [0.15, 0.2) is 0 Å². The molecule has 70 valence electrons. The lowest BCUT2D eigenvalue weighted by molar-refractivity contribution is 0.193. The van der Waals surface area contributed by atoms with E-state index < -0.39 is 6.10 Å². The van der Waals surface area contributed by atoms with Crippen LogP contribution in [0, 0.1) is 5.82 Å². The second-order valence-corrected chi connectivity index (χ2v) is 3.58. The lowest BCUT2D eigenvalue weighted by Crippen LogP contribution is -1.99. The summed E-state index contributed by atoms with van der Waals surface area (Å²) < 4.78 is 13.3. The Bertz CT molecular complexity index is 321. The van der Waals surface area contributed by atoms with Crippen LogP contribution in [0.2, 0.25) is 0 Å². The van der Waals surface area contributed by atoms with Crippen LogP contribution < -0.4 is 0 Å². The summed E-state index contributed by atoms with van der Waals surface area (Å²) in [5.41, 5.74) is 1.10. The van der Waals surface area contributed by atoms with E-state index in [1.54, 1.807) is 0 Å². The van der Waals surface area contributed by atoms with Crippen LogP contribution in [0.3, 0.4) is 0 Å². The Kier molecular flexibility index (Phi) is 2.04. The average Bonchev–Trinajstić information content (AvgIpc) is 2.85. The number of aliphatic hydroxyl groups excluding tert-OH is 1. The quantitative estimate of drug-likeness (QED) is 0.758. The second-order valence-electron chi connectivity index (χ2n) is 3.58. The van der Waals surface area contributed by atoms with Crippen LogP contribution in [-0.4, -0.2) is 10.1 Å². The minimum absolute atomic E-state index is 0.282. The van der Waals surface area contributed by atoms with E-state index in [4.69, 9.17) is 5.11 Å². The number of aromatic nitrogens is 1. The molecule has 1 heterocycles. The van der Waals surface area contributed by atoms with Crippen molar-refractivity contribution in [2.24, 2.45) is 0 Å². The SMILES string of the molecule is CC(O)c1cnc(C2CC2)cc1F. The van der Waals surface area contributed by atoms with E-state index in [0.717, 1.165) is 18.5 Å². The van der Waals surface area contributed by atoms with Crippen molar-refractivity contribution in [2.75, 3.05) is 0 Å². The summed E-state index contributed by atoms with van der Waals surface area (Å²) in [6, 6.07) is 1.44. The molecule has 13 heavy (non-hydrogen) atoms. The molecule has 2 nitrogen and oxygen atoms in total. The molecule has 1 aromatic rings. The Morgan fingerprint density at radius 1 is 1.62 bits per heavy atom. The third kappa shape index (κ3) is 1.70. The molecule has 0 amide bonds. The van der Waals surface area contributed by atoms with Crippen molar-refractivity contribution in [3.8, 4) is 0 Å². The normalized spacial score (nSPS) is 18.7. The molecule has 0 radical (unpaired) electrons. The highest BCUT2D eigenvalue weighted by molar-refractivity contribution is 5.22. The molecule has 0 spiro atoms. The highest BCUT2D eigenvalue weighted by atomic mass is 19.1. The molecule has 1 aromatic heterocycles. The van der Waals surface area contributed by atoms with Crippen LogP contribution in [0.4, 0.5) is 4.39 Å². The van der Waals surface area contributed by atoms with Gasteiger partial charge in [-0.3, -0.25) is 4.98 Å². The second kappa shape index (κ2) is 3.07. The Morgan fingerprint density at radius 2 is 2.31 bits per heavy atom. The molecule has 2 rings (SSSR count). The van der Waals surface area contributed by atoms with Crippen molar-refractivity contribution in [2.45, 2.75) is 31.8 Å². The van der Waals surface area contributed by atoms with E-state index in [1.807, 2.05) is 0 Å². The largest absolute Gasteiger partial charge is 0.389 e. The zero-order valence-corrected chi connectivity index (χ0v) is 7.50. The highest BCUT2D eigenvalue weighted by Gasteiger charge is 2.25. The van der Waals surface area contributed by atoms with Gasteiger partial charge in [0, 0.05) is 23.4 Å². The van der Waals surface area contributed by atoms with Gasteiger partial charge in [-0.1, -0.05) is 0 Å². The van der Waals surface area contributed by atoms with Crippen LogP contribution in [0.5, 0.6) is 0 Å². The van der Waals surface area contributed by atoms with E-state index in [9.17, 15) is 4.39 Å². The number of aliphatic hydroxyl groups is 1. The first-order valence-corrected chi connectivity index (χ1v) is 4.52. The van der Waals surface area contributed by atoms with E-state index in [2.05, 4.69) is 4.98 Å². The molecule has 1 atom stereocenters. The van der Waals surface area contributed by atoms with Gasteiger partial charge in [-0.15, -0.1) is 0 Å². The maximum Gasteiger partial charge on any atom is 0.132 e. The Hall–Kier alpha value is -0.960. The van der Waals surface area contributed by atoms with E-state index in [-0.39, 0.29) is 11.4 Å². The van der Waals surface area contributed by atoms with Crippen LogP contribution in [0.1, 0.15) is 43.0 Å². The Balaban J connectivity index is 2.31. The monoisotopic (exact) mass is 181 g/mol. The maximum atomic E-state index is 13.3. The van der Waals surface area contributed by atoms with Crippen LogP contribution in [0.25, 0.3) is 0 Å². The van der Waals surface area contributed by atoms with Gasteiger partial charge in [0.05, 0.1) is 6.10 Å². The molecule has 0 aromatic carbocycles. The van der Waals surface area contributed by atoms with E-state index in [1.165, 1.54) is 19.2 Å². The summed E-state index contributed by atoms with van der Waals surface area (Å²) in [4.78, 5) is 4.12. The minimum atomic E-state index is -0.777. The lowest BCUT2D eigenvalue weighted by Gasteiger charge is -2.06. The fourth-order valence-electron chi connectivity index (χ4n) is 1.37. The fourth-order valence-corrected chi connectivity index (χ4v) is 1.37. The van der Waals surface area contributed by atoms with Gasteiger partial charge in [0.2, 0.25) is 0 Å². The topological polar surface area (TPSA) is 33.1 Å². The molecule has 1 unspecified atom stereocenters. The molecule has 3 heteroatoms. The number of hydrogen-bond donors (Lipinski definition) is 1. The summed E-state index contributed by atoms with van der Waals surface area (Å²) in [6.45, 7) is 1.54. The molecular formula is C10H12FNO. The van der Waals surface area contributed by atoms with Crippen molar-refractivity contribution in [1.82, 2.24) is 4.98 Å². The molecule has 0 saturated heterocycles. The molecule has 1 fully saturated rings. The predicted octanol–water partition coefficient (Wildman–Crippen LogP) is 2.15. The number of halogens is 1. The van der Waals surface area contributed by atoms with Gasteiger partial charge in [-0.05, 0) is 25.8 Å². The number of nitrogens with zero attached hydrogens (tertiary/aromatic N) is 1. The lowest BCUT2D eigenvalue weighted by atomic mass is 10.1. The maximum absolute atomic E-state index is 13.3. The Labute approximate surface area is 76.4 Å². The zero-order valence-electron chi connectivity index (χ0n) is 7.50. The van der Waals surface area contributed by atoms with Gasteiger partial charge in [-0.2, -0.15) is 0 Å². The van der Waals surface area contributed by atoms with Crippen molar-refractivity contribution in [3.63, 3.8) is 0 Å². The number of rotatable bonds is 2. The first-order chi connectivity index (χ1) is 6.18. The average molecular weight is 181 g/mol. The standard InChI is InChI=1S/C10H12FNO/c1-6(13)8-5-12-10(4-9(8)11)7-2-3-7/h4-7,13H,2-3H2,1H3. The van der Waals surface area contributed by atoms with E-state index >= 15 is 0 Å². The van der Waals surface area contributed by atoms with Crippen molar-refractivity contribution in [1.29, 1.82) is 0 Å². The molecular weight excluding hydrogens is 169 g/mol. The zero-order chi connectivity index (χ0) is 9.42. The smallest absolute Gasteiger partial charge is 0.132 e. The summed E-state index contributed by atoms with van der Waals surface area (Å²) in [5.74, 6) is 0.115. The van der Waals surface area contributed by atoms with Crippen LogP contribution >= 0.6 is 0 Å².